The largest absolute Gasteiger partial charge is 0.452 e. The van der Waals surface area contributed by atoms with Crippen molar-refractivity contribution in [2.75, 3.05) is 6.61 Å². The number of nitrogens with two attached hydrogens (primary N) is 1. The third-order valence-electron chi connectivity index (χ3n) is 3.24. The van der Waals surface area contributed by atoms with E-state index in [1.54, 1.807) is 6.07 Å². The first-order valence-electron chi connectivity index (χ1n) is 7.18. The maximum atomic E-state index is 13.4. The van der Waals surface area contributed by atoms with E-state index < -0.39 is 39.2 Å². The molecular formula is C16H14ClFN2O5S. The number of carbonyl (C=O) groups is 2. The normalized spacial score (nSPS) is 11.0. The van der Waals surface area contributed by atoms with Gasteiger partial charge in [-0.2, -0.15) is 0 Å². The predicted octanol–water partition coefficient (Wildman–Crippen LogP) is 1.60. The van der Waals surface area contributed by atoms with Gasteiger partial charge in [0.15, 0.2) is 6.61 Å². The van der Waals surface area contributed by atoms with Crippen LogP contribution in [0.25, 0.3) is 0 Å². The third-order valence-corrected chi connectivity index (χ3v) is 4.63. The number of benzene rings is 2. The average Bonchev–Trinajstić information content (AvgIpc) is 2.58. The van der Waals surface area contributed by atoms with Crippen LogP contribution in [0.15, 0.2) is 47.4 Å². The number of carbonyl (C=O) groups excluding carboxylic acids is 2. The van der Waals surface area contributed by atoms with E-state index in [1.807, 2.05) is 0 Å². The Bertz CT molecular complexity index is 949. The van der Waals surface area contributed by atoms with E-state index in [4.69, 9.17) is 21.5 Å². The molecule has 26 heavy (non-hydrogen) atoms. The lowest BCUT2D eigenvalue weighted by atomic mass is 10.2. The van der Waals surface area contributed by atoms with Gasteiger partial charge in [-0.1, -0.05) is 29.8 Å². The second-order valence-corrected chi connectivity index (χ2v) is 7.07. The number of hydrogen-bond acceptors (Lipinski definition) is 5. The number of halogens is 2. The molecule has 3 N–H and O–H groups in total. The highest BCUT2D eigenvalue weighted by Gasteiger charge is 2.18. The number of ether oxygens (including phenoxy) is 1. The van der Waals surface area contributed by atoms with Gasteiger partial charge in [0.2, 0.25) is 10.0 Å². The smallest absolute Gasteiger partial charge is 0.338 e. The van der Waals surface area contributed by atoms with Crippen molar-refractivity contribution in [3.63, 3.8) is 0 Å². The summed E-state index contributed by atoms with van der Waals surface area (Å²) < 4.78 is 41.0. The second-order valence-electron chi connectivity index (χ2n) is 5.13. The zero-order valence-electron chi connectivity index (χ0n) is 13.2. The molecule has 2 aromatic carbocycles. The summed E-state index contributed by atoms with van der Waals surface area (Å²) in [6, 6.07) is 9.26. The Kier molecular flexibility index (Phi) is 6.30. The Morgan fingerprint density at radius 3 is 2.54 bits per heavy atom. The first-order valence-corrected chi connectivity index (χ1v) is 9.10. The summed E-state index contributed by atoms with van der Waals surface area (Å²) in [5, 5.41) is 7.25. The van der Waals surface area contributed by atoms with Crippen molar-refractivity contribution in [1.29, 1.82) is 0 Å². The fourth-order valence-corrected chi connectivity index (χ4v) is 3.02. The molecule has 0 heterocycles. The molecule has 10 heteroatoms. The highest BCUT2D eigenvalue weighted by Crippen LogP contribution is 2.21. The number of primary sulfonamides is 1. The predicted molar refractivity (Wildman–Crippen MR) is 91.4 cm³/mol. The summed E-state index contributed by atoms with van der Waals surface area (Å²) in [4.78, 5) is 23.2. The molecule has 2 aromatic rings. The van der Waals surface area contributed by atoms with Gasteiger partial charge in [-0.3, -0.25) is 4.79 Å². The molecule has 0 atom stereocenters. The minimum Gasteiger partial charge on any atom is -0.452 e. The number of hydrogen-bond donors (Lipinski definition) is 2. The minimum atomic E-state index is -4.12. The van der Waals surface area contributed by atoms with E-state index in [1.165, 1.54) is 30.3 Å². The zero-order chi connectivity index (χ0) is 19.3. The molecule has 0 bridgehead atoms. The maximum Gasteiger partial charge on any atom is 0.338 e. The van der Waals surface area contributed by atoms with Crippen LogP contribution in [0.2, 0.25) is 5.02 Å². The van der Waals surface area contributed by atoms with Crippen molar-refractivity contribution in [3.05, 3.63) is 64.4 Å². The van der Waals surface area contributed by atoms with Crippen molar-refractivity contribution in [3.8, 4) is 0 Å². The molecule has 0 fully saturated rings. The van der Waals surface area contributed by atoms with Gasteiger partial charge in [0.1, 0.15) is 10.7 Å². The number of nitrogens with one attached hydrogen (secondary N) is 1. The quantitative estimate of drug-likeness (QED) is 0.714. The van der Waals surface area contributed by atoms with Crippen molar-refractivity contribution >= 4 is 33.5 Å². The molecule has 0 aromatic heterocycles. The number of amides is 1. The average molecular weight is 401 g/mol. The van der Waals surface area contributed by atoms with E-state index in [2.05, 4.69) is 5.32 Å². The minimum absolute atomic E-state index is 0.0699. The molecule has 138 valence electrons. The van der Waals surface area contributed by atoms with Gasteiger partial charge < -0.3 is 10.1 Å². The van der Waals surface area contributed by atoms with Crippen molar-refractivity contribution in [2.24, 2.45) is 5.14 Å². The molecule has 1 amide bonds. The van der Waals surface area contributed by atoms with E-state index in [9.17, 15) is 22.4 Å². The fraction of sp³-hybridized carbons (Fsp3) is 0.125. The van der Waals surface area contributed by atoms with E-state index in [-0.39, 0.29) is 22.7 Å². The van der Waals surface area contributed by atoms with Crippen LogP contribution in [0.4, 0.5) is 4.39 Å². The molecule has 0 radical (unpaired) electrons. The summed E-state index contributed by atoms with van der Waals surface area (Å²) in [5.41, 5.74) is 0.142. The monoisotopic (exact) mass is 400 g/mol. The second kappa shape index (κ2) is 8.26. The first-order chi connectivity index (χ1) is 12.2. The van der Waals surface area contributed by atoms with Crippen LogP contribution in [0.5, 0.6) is 0 Å². The fourth-order valence-electron chi connectivity index (χ4n) is 1.95. The summed E-state index contributed by atoms with van der Waals surface area (Å²) in [5.74, 6) is -2.06. The van der Waals surface area contributed by atoms with Crippen LogP contribution in [-0.2, 0) is 26.1 Å². The number of rotatable bonds is 6. The molecule has 0 spiro atoms. The van der Waals surface area contributed by atoms with Crippen LogP contribution in [0, 0.1) is 5.82 Å². The molecule has 0 aliphatic heterocycles. The number of esters is 1. The molecular weight excluding hydrogens is 387 g/mol. The summed E-state index contributed by atoms with van der Waals surface area (Å²) in [6.45, 7) is -0.694. The number of sulfonamides is 1. The summed E-state index contributed by atoms with van der Waals surface area (Å²) in [7, 11) is -4.12. The molecule has 0 saturated heterocycles. The Labute approximate surface area is 154 Å². The molecule has 0 saturated carbocycles. The maximum absolute atomic E-state index is 13.4. The van der Waals surface area contributed by atoms with Crippen molar-refractivity contribution in [1.82, 2.24) is 5.32 Å². The highest BCUT2D eigenvalue weighted by molar-refractivity contribution is 7.89. The lowest BCUT2D eigenvalue weighted by Crippen LogP contribution is -2.28. The Morgan fingerprint density at radius 1 is 1.19 bits per heavy atom. The molecule has 7 nitrogen and oxygen atoms in total. The van der Waals surface area contributed by atoms with E-state index in [0.717, 1.165) is 6.07 Å². The van der Waals surface area contributed by atoms with E-state index in [0.29, 0.717) is 0 Å². The molecule has 0 unspecified atom stereocenters. The van der Waals surface area contributed by atoms with Gasteiger partial charge in [0, 0.05) is 12.1 Å². The van der Waals surface area contributed by atoms with Crippen molar-refractivity contribution < 1.29 is 27.1 Å². The van der Waals surface area contributed by atoms with E-state index >= 15 is 0 Å². The van der Waals surface area contributed by atoms with Gasteiger partial charge in [-0.15, -0.1) is 0 Å². The van der Waals surface area contributed by atoms with Gasteiger partial charge >= 0.3 is 5.97 Å². The van der Waals surface area contributed by atoms with Crippen LogP contribution >= 0.6 is 11.6 Å². The van der Waals surface area contributed by atoms with Gasteiger partial charge in [0.25, 0.3) is 5.91 Å². The van der Waals surface area contributed by atoms with Crippen LogP contribution in [0.3, 0.4) is 0 Å². The Balaban J connectivity index is 1.94. The van der Waals surface area contributed by atoms with Crippen LogP contribution in [-0.4, -0.2) is 26.9 Å². The SMILES string of the molecule is NS(=O)(=O)c1cc(C(=O)OCC(=O)NCc2ccccc2F)ccc1Cl. The molecule has 2 rings (SSSR count). The Morgan fingerprint density at radius 2 is 1.88 bits per heavy atom. The lowest BCUT2D eigenvalue weighted by molar-refractivity contribution is -0.124. The third kappa shape index (κ3) is 5.25. The lowest BCUT2D eigenvalue weighted by Gasteiger charge is -2.08. The van der Waals surface area contributed by atoms with Gasteiger partial charge in [-0.25, -0.2) is 22.7 Å². The Hall–Kier alpha value is -2.49. The van der Waals surface area contributed by atoms with Gasteiger partial charge in [0.05, 0.1) is 10.6 Å². The molecule has 0 aliphatic carbocycles. The zero-order valence-corrected chi connectivity index (χ0v) is 14.8. The standard InChI is InChI=1S/C16H14ClFN2O5S/c17-12-6-5-10(7-14(12)26(19,23)24)16(22)25-9-15(21)20-8-11-3-1-2-4-13(11)18/h1-7H,8-9H2,(H,20,21)(H2,19,23,24). The van der Waals surface area contributed by atoms with Crippen LogP contribution in [0.1, 0.15) is 15.9 Å². The van der Waals surface area contributed by atoms with Crippen LogP contribution < -0.4 is 10.5 Å². The summed E-state index contributed by atoms with van der Waals surface area (Å²) >= 11 is 5.72. The highest BCUT2D eigenvalue weighted by atomic mass is 35.5. The van der Waals surface area contributed by atoms with Crippen molar-refractivity contribution in [2.45, 2.75) is 11.4 Å². The molecule has 0 aliphatic rings. The van der Waals surface area contributed by atoms with Gasteiger partial charge in [-0.05, 0) is 24.3 Å². The first kappa shape index (κ1) is 19.8. The summed E-state index contributed by atoms with van der Waals surface area (Å²) in [6.07, 6.45) is 0. The topological polar surface area (TPSA) is 116 Å².